The second-order valence-corrected chi connectivity index (χ2v) is 8.94. The molecule has 2 fully saturated rings. The summed E-state index contributed by atoms with van der Waals surface area (Å²) in [5, 5.41) is 8.31. The van der Waals surface area contributed by atoms with Gasteiger partial charge in [0.25, 0.3) is 5.22 Å². The molecule has 2 aromatic rings. The molecule has 1 amide bonds. The molecule has 1 aromatic heterocycles. The van der Waals surface area contributed by atoms with Crippen LogP contribution in [0.3, 0.4) is 0 Å². The first kappa shape index (κ1) is 21.1. The SMILES string of the molecule is CC1CCC(N(C(=O)CSc2nnc(-c3ccc(OC(F)F)cc3)o2)C2CC2)CC1. The number of amides is 1. The summed E-state index contributed by atoms with van der Waals surface area (Å²) in [6.45, 7) is -0.589. The predicted octanol–water partition coefficient (Wildman–Crippen LogP) is 5.00. The summed E-state index contributed by atoms with van der Waals surface area (Å²) in [6, 6.07) is 6.73. The lowest BCUT2D eigenvalue weighted by molar-refractivity contribution is -0.132. The molecule has 0 aliphatic heterocycles. The first-order valence-electron chi connectivity index (χ1n) is 10.3. The van der Waals surface area contributed by atoms with Crippen molar-refractivity contribution in [2.75, 3.05) is 5.75 Å². The monoisotopic (exact) mass is 437 g/mol. The number of carbonyl (C=O) groups excluding carboxylic acids is 1. The maximum absolute atomic E-state index is 12.9. The van der Waals surface area contributed by atoms with E-state index in [-0.39, 0.29) is 23.3 Å². The fourth-order valence-electron chi connectivity index (χ4n) is 3.94. The largest absolute Gasteiger partial charge is 0.435 e. The Hall–Kier alpha value is -2.16. The number of carbonyl (C=O) groups is 1. The van der Waals surface area contributed by atoms with Crippen LogP contribution in [0.5, 0.6) is 5.75 Å². The average Bonchev–Trinajstić information content (AvgIpc) is 3.44. The number of rotatable bonds is 8. The number of ether oxygens (including phenoxy) is 1. The number of aromatic nitrogens is 2. The Labute approximate surface area is 178 Å². The summed E-state index contributed by atoms with van der Waals surface area (Å²) in [5.41, 5.74) is 0.596. The Morgan fingerprint density at radius 3 is 2.37 bits per heavy atom. The van der Waals surface area contributed by atoms with Gasteiger partial charge in [-0.15, -0.1) is 10.2 Å². The lowest BCUT2D eigenvalue weighted by Gasteiger charge is -2.36. The van der Waals surface area contributed by atoms with E-state index in [1.807, 2.05) is 0 Å². The third-order valence-electron chi connectivity index (χ3n) is 5.66. The van der Waals surface area contributed by atoms with E-state index in [0.29, 0.717) is 22.9 Å². The first-order valence-corrected chi connectivity index (χ1v) is 11.3. The van der Waals surface area contributed by atoms with Crippen molar-refractivity contribution in [3.63, 3.8) is 0 Å². The van der Waals surface area contributed by atoms with Crippen LogP contribution in [-0.4, -0.2) is 45.5 Å². The zero-order valence-corrected chi connectivity index (χ0v) is 17.6. The molecule has 2 saturated carbocycles. The van der Waals surface area contributed by atoms with Gasteiger partial charge in [0.2, 0.25) is 11.8 Å². The van der Waals surface area contributed by atoms with Crippen molar-refractivity contribution in [2.24, 2.45) is 5.92 Å². The van der Waals surface area contributed by atoms with Crippen molar-refractivity contribution >= 4 is 17.7 Å². The van der Waals surface area contributed by atoms with Gasteiger partial charge < -0.3 is 14.1 Å². The number of halogens is 2. The van der Waals surface area contributed by atoms with Gasteiger partial charge >= 0.3 is 6.61 Å². The lowest BCUT2D eigenvalue weighted by atomic mass is 9.86. The number of hydrogen-bond donors (Lipinski definition) is 0. The second kappa shape index (κ2) is 9.32. The summed E-state index contributed by atoms with van der Waals surface area (Å²) in [6.07, 6.45) is 6.73. The van der Waals surface area contributed by atoms with Crippen LogP contribution in [0.4, 0.5) is 8.78 Å². The fourth-order valence-corrected chi connectivity index (χ4v) is 4.57. The van der Waals surface area contributed by atoms with Crippen molar-refractivity contribution in [1.82, 2.24) is 15.1 Å². The zero-order valence-electron chi connectivity index (χ0n) is 16.8. The van der Waals surface area contributed by atoms with E-state index in [1.54, 1.807) is 12.1 Å². The van der Waals surface area contributed by atoms with Gasteiger partial charge in [-0.2, -0.15) is 8.78 Å². The molecular weight excluding hydrogens is 412 g/mol. The molecule has 6 nitrogen and oxygen atoms in total. The highest BCUT2D eigenvalue weighted by Crippen LogP contribution is 2.36. The van der Waals surface area contributed by atoms with Crippen molar-refractivity contribution in [3.8, 4) is 17.2 Å². The molecule has 0 atom stereocenters. The minimum atomic E-state index is -2.87. The van der Waals surface area contributed by atoms with Crippen molar-refractivity contribution in [1.29, 1.82) is 0 Å². The number of alkyl halides is 2. The summed E-state index contributed by atoms with van der Waals surface area (Å²) in [4.78, 5) is 15.0. The Kier molecular flexibility index (Phi) is 6.55. The van der Waals surface area contributed by atoms with E-state index in [4.69, 9.17) is 4.42 Å². The molecule has 2 aliphatic carbocycles. The first-order chi connectivity index (χ1) is 14.5. The topological polar surface area (TPSA) is 68.5 Å². The van der Waals surface area contributed by atoms with E-state index in [1.165, 1.54) is 36.7 Å². The normalized spacial score (nSPS) is 21.6. The molecule has 0 bridgehead atoms. The van der Waals surface area contributed by atoms with Gasteiger partial charge in [-0.05, 0) is 68.7 Å². The Balaban J connectivity index is 1.34. The lowest BCUT2D eigenvalue weighted by Crippen LogP contribution is -2.44. The van der Waals surface area contributed by atoms with Crippen LogP contribution in [0.1, 0.15) is 45.4 Å². The fraction of sp³-hybridized carbons (Fsp3) is 0.571. The molecule has 4 rings (SSSR count). The molecule has 0 radical (unpaired) electrons. The highest BCUT2D eigenvalue weighted by Gasteiger charge is 2.38. The molecule has 0 saturated heterocycles. The molecule has 0 unspecified atom stereocenters. The van der Waals surface area contributed by atoms with Crippen LogP contribution in [0.2, 0.25) is 0 Å². The number of nitrogens with zero attached hydrogens (tertiary/aromatic N) is 3. The van der Waals surface area contributed by atoms with Crippen LogP contribution in [0.25, 0.3) is 11.5 Å². The van der Waals surface area contributed by atoms with E-state index in [9.17, 15) is 13.6 Å². The number of benzene rings is 1. The molecule has 9 heteroatoms. The van der Waals surface area contributed by atoms with Gasteiger partial charge in [-0.1, -0.05) is 18.7 Å². The molecule has 0 spiro atoms. The van der Waals surface area contributed by atoms with E-state index >= 15 is 0 Å². The number of thioether (sulfide) groups is 1. The molecular formula is C21H25F2N3O3S. The molecule has 162 valence electrons. The smallest absolute Gasteiger partial charge is 0.387 e. The maximum Gasteiger partial charge on any atom is 0.387 e. The van der Waals surface area contributed by atoms with Crippen LogP contribution >= 0.6 is 11.8 Å². The van der Waals surface area contributed by atoms with Crippen molar-refractivity contribution in [3.05, 3.63) is 24.3 Å². The van der Waals surface area contributed by atoms with Gasteiger partial charge in [0.05, 0.1) is 5.75 Å². The Morgan fingerprint density at radius 1 is 1.13 bits per heavy atom. The Bertz CT molecular complexity index is 849. The van der Waals surface area contributed by atoms with Crippen LogP contribution in [0.15, 0.2) is 33.9 Å². The molecule has 0 N–H and O–H groups in total. The number of hydrogen-bond acceptors (Lipinski definition) is 6. The third-order valence-corrected chi connectivity index (χ3v) is 6.46. The minimum Gasteiger partial charge on any atom is -0.435 e. The molecule has 2 aliphatic rings. The summed E-state index contributed by atoms with van der Waals surface area (Å²) >= 11 is 1.24. The predicted molar refractivity (Wildman–Crippen MR) is 108 cm³/mol. The quantitative estimate of drug-likeness (QED) is 0.542. The van der Waals surface area contributed by atoms with Gasteiger partial charge in [0.1, 0.15) is 5.75 Å². The average molecular weight is 438 g/mol. The van der Waals surface area contributed by atoms with Gasteiger partial charge in [0, 0.05) is 17.6 Å². The maximum atomic E-state index is 12.9. The van der Waals surface area contributed by atoms with Crippen LogP contribution in [0, 0.1) is 5.92 Å². The summed E-state index contributed by atoms with van der Waals surface area (Å²) < 4.78 is 34.5. The van der Waals surface area contributed by atoms with Crippen molar-refractivity contribution in [2.45, 2.75) is 69.4 Å². The highest BCUT2D eigenvalue weighted by molar-refractivity contribution is 7.99. The van der Waals surface area contributed by atoms with Crippen LogP contribution in [-0.2, 0) is 4.79 Å². The molecule has 1 aromatic carbocycles. The minimum absolute atomic E-state index is 0.0609. The van der Waals surface area contributed by atoms with Crippen LogP contribution < -0.4 is 4.74 Å². The summed E-state index contributed by atoms with van der Waals surface area (Å²) in [7, 11) is 0. The van der Waals surface area contributed by atoms with E-state index < -0.39 is 6.61 Å². The van der Waals surface area contributed by atoms with Gasteiger partial charge in [-0.25, -0.2) is 0 Å². The molecule has 30 heavy (non-hydrogen) atoms. The van der Waals surface area contributed by atoms with Gasteiger partial charge in [-0.3, -0.25) is 4.79 Å². The second-order valence-electron chi connectivity index (χ2n) is 8.01. The third kappa shape index (κ3) is 5.30. The van der Waals surface area contributed by atoms with Gasteiger partial charge in [0.15, 0.2) is 0 Å². The highest BCUT2D eigenvalue weighted by atomic mass is 32.2. The standard InChI is InChI=1S/C21H25F2N3O3S/c1-13-2-6-15(7-3-13)26(16-8-9-16)18(27)12-30-21-25-24-19(29-21)14-4-10-17(11-5-14)28-20(22)23/h4-5,10-11,13,15-16,20H,2-3,6-9,12H2,1H3. The van der Waals surface area contributed by atoms with E-state index in [0.717, 1.165) is 31.6 Å². The Morgan fingerprint density at radius 2 is 1.77 bits per heavy atom. The van der Waals surface area contributed by atoms with Crippen molar-refractivity contribution < 1.29 is 22.7 Å². The van der Waals surface area contributed by atoms with E-state index in [2.05, 4.69) is 26.8 Å². The summed E-state index contributed by atoms with van der Waals surface area (Å²) in [5.74, 6) is 1.49. The molecule has 1 heterocycles. The zero-order chi connectivity index (χ0) is 21.1.